The lowest BCUT2D eigenvalue weighted by Gasteiger charge is -2.09. The third kappa shape index (κ3) is 4.09. The van der Waals surface area contributed by atoms with E-state index in [1.807, 2.05) is 43.3 Å². The van der Waals surface area contributed by atoms with Crippen LogP contribution in [0, 0.1) is 6.92 Å². The van der Waals surface area contributed by atoms with E-state index in [1.54, 1.807) is 31.0 Å². The standard InChI is InChI=1S/C20H17N7/c1-14-10-23-19(24-11-14)13-25-18-9-17(16-6-2-3-8-22-16)26-20(27-18)15-5-4-7-21-12-15/h2-12H,13H2,1H3,(H,25,26,27). The Hall–Kier alpha value is -3.74. The number of hydrogen-bond donors (Lipinski definition) is 1. The van der Waals surface area contributed by atoms with E-state index in [9.17, 15) is 0 Å². The molecule has 0 bridgehead atoms. The minimum absolute atomic E-state index is 0.464. The van der Waals surface area contributed by atoms with Gasteiger partial charge in [0.25, 0.3) is 0 Å². The van der Waals surface area contributed by atoms with Crippen molar-refractivity contribution in [3.05, 3.63) is 78.8 Å². The minimum Gasteiger partial charge on any atom is -0.363 e. The lowest BCUT2D eigenvalue weighted by Crippen LogP contribution is -2.07. The molecule has 0 saturated carbocycles. The first-order chi connectivity index (χ1) is 13.3. The van der Waals surface area contributed by atoms with E-state index in [0.717, 1.165) is 22.5 Å². The van der Waals surface area contributed by atoms with Crippen molar-refractivity contribution in [3.8, 4) is 22.8 Å². The van der Waals surface area contributed by atoms with Crippen LogP contribution in [0.1, 0.15) is 11.4 Å². The van der Waals surface area contributed by atoms with Gasteiger partial charge < -0.3 is 5.32 Å². The van der Waals surface area contributed by atoms with Crippen molar-refractivity contribution in [1.29, 1.82) is 0 Å². The van der Waals surface area contributed by atoms with E-state index in [4.69, 9.17) is 0 Å². The van der Waals surface area contributed by atoms with Crippen LogP contribution in [0.25, 0.3) is 22.8 Å². The topological polar surface area (TPSA) is 89.4 Å². The number of nitrogens with zero attached hydrogens (tertiary/aromatic N) is 6. The summed E-state index contributed by atoms with van der Waals surface area (Å²) < 4.78 is 0. The lowest BCUT2D eigenvalue weighted by atomic mass is 10.2. The molecule has 0 radical (unpaired) electrons. The van der Waals surface area contributed by atoms with Crippen molar-refractivity contribution in [1.82, 2.24) is 29.9 Å². The molecule has 0 aliphatic heterocycles. The normalized spacial score (nSPS) is 10.6. The summed E-state index contributed by atoms with van der Waals surface area (Å²) in [5.41, 5.74) is 3.37. The van der Waals surface area contributed by atoms with Crippen molar-refractivity contribution in [2.24, 2.45) is 0 Å². The number of aromatic nitrogens is 6. The summed E-state index contributed by atoms with van der Waals surface area (Å²) in [5, 5.41) is 3.28. The number of nitrogens with one attached hydrogen (secondary N) is 1. The molecule has 4 aromatic rings. The van der Waals surface area contributed by atoms with E-state index in [0.29, 0.717) is 24.0 Å². The fourth-order valence-electron chi connectivity index (χ4n) is 2.49. The lowest BCUT2D eigenvalue weighted by molar-refractivity contribution is 0.929. The maximum atomic E-state index is 4.66. The Morgan fingerprint density at radius 2 is 1.74 bits per heavy atom. The monoisotopic (exact) mass is 355 g/mol. The number of pyridine rings is 2. The average molecular weight is 355 g/mol. The van der Waals surface area contributed by atoms with Crippen LogP contribution >= 0.6 is 0 Å². The van der Waals surface area contributed by atoms with Crippen molar-refractivity contribution >= 4 is 5.82 Å². The van der Waals surface area contributed by atoms with Crippen LogP contribution in [0.2, 0.25) is 0 Å². The number of rotatable bonds is 5. The summed E-state index contributed by atoms with van der Waals surface area (Å²) in [4.78, 5) is 26.5. The summed E-state index contributed by atoms with van der Waals surface area (Å²) in [5.74, 6) is 1.95. The van der Waals surface area contributed by atoms with Crippen LogP contribution in [0.15, 0.2) is 67.4 Å². The van der Waals surface area contributed by atoms with Crippen LogP contribution in [-0.4, -0.2) is 29.9 Å². The van der Waals surface area contributed by atoms with E-state index in [-0.39, 0.29) is 0 Å². The molecule has 0 fully saturated rings. The van der Waals surface area contributed by atoms with Gasteiger partial charge in [-0.1, -0.05) is 6.07 Å². The molecule has 0 unspecified atom stereocenters. The maximum absolute atomic E-state index is 4.66. The van der Waals surface area contributed by atoms with Crippen LogP contribution < -0.4 is 5.32 Å². The SMILES string of the molecule is Cc1cnc(CNc2cc(-c3ccccn3)nc(-c3cccnc3)n2)nc1. The molecule has 0 aliphatic carbocycles. The molecule has 132 valence electrons. The fourth-order valence-corrected chi connectivity index (χ4v) is 2.49. The molecule has 7 heteroatoms. The predicted octanol–water partition coefficient (Wildman–Crippen LogP) is 3.31. The molecule has 4 aromatic heterocycles. The zero-order valence-electron chi connectivity index (χ0n) is 14.7. The highest BCUT2D eigenvalue weighted by atomic mass is 15.1. The Bertz CT molecular complexity index is 961. The average Bonchev–Trinajstić information content (AvgIpc) is 2.74. The molecule has 27 heavy (non-hydrogen) atoms. The quantitative estimate of drug-likeness (QED) is 0.587. The first-order valence-corrected chi connectivity index (χ1v) is 8.50. The van der Waals surface area contributed by atoms with Crippen molar-refractivity contribution < 1.29 is 0 Å². The van der Waals surface area contributed by atoms with Crippen LogP contribution in [0.3, 0.4) is 0 Å². The molecule has 7 nitrogen and oxygen atoms in total. The second-order valence-electron chi connectivity index (χ2n) is 5.95. The predicted molar refractivity (Wildman–Crippen MR) is 103 cm³/mol. The molecular formula is C20H17N7. The Morgan fingerprint density at radius 3 is 2.48 bits per heavy atom. The molecule has 0 atom stereocenters. The van der Waals surface area contributed by atoms with Gasteiger partial charge in [0.05, 0.1) is 17.9 Å². The molecule has 4 rings (SSSR count). The largest absolute Gasteiger partial charge is 0.363 e. The molecule has 0 aromatic carbocycles. The highest BCUT2D eigenvalue weighted by Crippen LogP contribution is 2.22. The Kier molecular flexibility index (Phi) is 4.74. The van der Waals surface area contributed by atoms with Gasteiger partial charge >= 0.3 is 0 Å². The van der Waals surface area contributed by atoms with E-state index >= 15 is 0 Å². The highest BCUT2D eigenvalue weighted by molar-refractivity contribution is 5.64. The summed E-state index contributed by atoms with van der Waals surface area (Å²) in [6, 6.07) is 11.4. The van der Waals surface area contributed by atoms with Gasteiger partial charge in [-0.25, -0.2) is 19.9 Å². The third-order valence-electron chi connectivity index (χ3n) is 3.84. The zero-order valence-corrected chi connectivity index (χ0v) is 14.7. The molecule has 0 aliphatic rings. The van der Waals surface area contributed by atoms with E-state index in [1.165, 1.54) is 0 Å². The van der Waals surface area contributed by atoms with Crippen LogP contribution in [0.5, 0.6) is 0 Å². The van der Waals surface area contributed by atoms with Gasteiger partial charge in [-0.05, 0) is 36.8 Å². The maximum Gasteiger partial charge on any atom is 0.163 e. The van der Waals surface area contributed by atoms with Gasteiger partial charge in [0.15, 0.2) is 5.82 Å². The summed E-state index contributed by atoms with van der Waals surface area (Å²) in [6.45, 7) is 2.42. The fraction of sp³-hybridized carbons (Fsp3) is 0.100. The Labute approximate surface area is 156 Å². The van der Waals surface area contributed by atoms with Crippen molar-refractivity contribution in [2.45, 2.75) is 13.5 Å². The number of anilines is 1. The van der Waals surface area contributed by atoms with Gasteiger partial charge in [-0.3, -0.25) is 9.97 Å². The van der Waals surface area contributed by atoms with Gasteiger partial charge in [0.1, 0.15) is 11.6 Å². The van der Waals surface area contributed by atoms with Gasteiger partial charge in [0, 0.05) is 42.6 Å². The highest BCUT2D eigenvalue weighted by Gasteiger charge is 2.10. The molecule has 0 amide bonds. The van der Waals surface area contributed by atoms with Crippen LogP contribution in [0.4, 0.5) is 5.82 Å². The summed E-state index contributed by atoms with van der Waals surface area (Å²) in [6.07, 6.45) is 8.80. The van der Waals surface area contributed by atoms with Gasteiger partial charge in [0.2, 0.25) is 0 Å². The Morgan fingerprint density at radius 1 is 0.852 bits per heavy atom. The number of aryl methyl sites for hydroxylation is 1. The third-order valence-corrected chi connectivity index (χ3v) is 3.84. The summed E-state index contributed by atoms with van der Waals surface area (Å²) in [7, 11) is 0. The number of hydrogen-bond acceptors (Lipinski definition) is 7. The van der Waals surface area contributed by atoms with Crippen LogP contribution in [-0.2, 0) is 6.54 Å². The van der Waals surface area contributed by atoms with Crippen molar-refractivity contribution in [2.75, 3.05) is 5.32 Å². The molecule has 0 saturated heterocycles. The molecule has 0 spiro atoms. The second-order valence-corrected chi connectivity index (χ2v) is 5.95. The smallest absolute Gasteiger partial charge is 0.163 e. The van der Waals surface area contributed by atoms with E-state index < -0.39 is 0 Å². The molecule has 4 heterocycles. The Balaban J connectivity index is 1.68. The first kappa shape index (κ1) is 16.7. The van der Waals surface area contributed by atoms with E-state index in [2.05, 4.69) is 35.2 Å². The molecular weight excluding hydrogens is 338 g/mol. The van der Waals surface area contributed by atoms with Gasteiger partial charge in [-0.2, -0.15) is 0 Å². The van der Waals surface area contributed by atoms with Gasteiger partial charge in [-0.15, -0.1) is 0 Å². The first-order valence-electron chi connectivity index (χ1n) is 8.50. The molecule has 1 N–H and O–H groups in total. The second kappa shape index (κ2) is 7.65. The van der Waals surface area contributed by atoms with Crippen molar-refractivity contribution in [3.63, 3.8) is 0 Å². The summed E-state index contributed by atoms with van der Waals surface area (Å²) >= 11 is 0. The minimum atomic E-state index is 0.464. The zero-order chi connectivity index (χ0) is 18.5.